The highest BCUT2D eigenvalue weighted by atomic mass is 16.6. The van der Waals surface area contributed by atoms with Gasteiger partial charge in [0, 0.05) is 30.1 Å². The lowest BCUT2D eigenvalue weighted by Gasteiger charge is -2.65. The molecule has 8 nitrogen and oxygen atoms in total. The number of esters is 1. The average Bonchev–Trinajstić information content (AvgIpc) is 3.01. The van der Waals surface area contributed by atoms with Crippen molar-refractivity contribution in [2.24, 2.45) is 39.4 Å². The summed E-state index contributed by atoms with van der Waals surface area (Å²) in [6.07, 6.45) is 3.10. The summed E-state index contributed by atoms with van der Waals surface area (Å²) in [6, 6.07) is 0. The minimum atomic E-state index is -1.98. The predicted molar refractivity (Wildman–Crippen MR) is 149 cm³/mol. The van der Waals surface area contributed by atoms with Gasteiger partial charge in [-0.25, -0.2) is 0 Å². The van der Waals surface area contributed by atoms with E-state index in [1.54, 1.807) is 13.8 Å². The molecule has 4 aliphatic carbocycles. The van der Waals surface area contributed by atoms with Crippen molar-refractivity contribution in [1.82, 2.24) is 0 Å². The van der Waals surface area contributed by atoms with Gasteiger partial charge in [-0.05, 0) is 74.9 Å². The number of ether oxygens (including phenoxy) is 1. The van der Waals surface area contributed by atoms with Crippen molar-refractivity contribution >= 4 is 17.5 Å². The van der Waals surface area contributed by atoms with E-state index >= 15 is 0 Å². The summed E-state index contributed by atoms with van der Waals surface area (Å²) < 4.78 is 5.23. The largest absolute Gasteiger partial charge is 0.456 e. The topological polar surface area (TPSA) is 141 Å². The molecule has 8 heteroatoms. The van der Waals surface area contributed by atoms with E-state index in [0.717, 1.165) is 5.57 Å². The van der Waals surface area contributed by atoms with Crippen molar-refractivity contribution in [1.29, 1.82) is 0 Å². The molecule has 0 amide bonds. The number of rotatable bonds is 5. The third-order valence-corrected chi connectivity index (χ3v) is 11.8. The number of aliphatic hydroxyl groups excluding tert-OH is 3. The van der Waals surface area contributed by atoms with Crippen LogP contribution in [0.1, 0.15) is 88.0 Å². The molecule has 0 heterocycles. The SMILES string of the molecule is CC(=O)OC(C)(C)C=CC(=O)C(C)(O)[C@@H]1[C@H](O)C[C@@]2(C)[C@@H]3CC=C4[C@H](C[C@@H](O)[C@@H](O)C4(C)C)[C@]3(C)C(=O)C[C@]12C. The Morgan fingerprint density at radius 2 is 1.62 bits per heavy atom. The number of hydrogen-bond donors (Lipinski definition) is 4. The van der Waals surface area contributed by atoms with Crippen LogP contribution >= 0.6 is 0 Å². The lowest BCUT2D eigenvalue weighted by atomic mass is 9.38. The minimum absolute atomic E-state index is 0.00125. The van der Waals surface area contributed by atoms with E-state index in [1.165, 1.54) is 26.0 Å². The van der Waals surface area contributed by atoms with Crippen molar-refractivity contribution in [2.75, 3.05) is 0 Å². The molecule has 3 fully saturated rings. The van der Waals surface area contributed by atoms with Gasteiger partial charge in [-0.15, -0.1) is 0 Å². The third kappa shape index (κ3) is 4.19. The second kappa shape index (κ2) is 9.32. The third-order valence-electron chi connectivity index (χ3n) is 11.8. The number of ketones is 2. The normalized spacial score (nSPS) is 44.2. The molecule has 0 saturated heterocycles. The Bertz CT molecular complexity index is 1160. The molecule has 4 aliphatic rings. The van der Waals surface area contributed by atoms with Crippen molar-refractivity contribution < 1.29 is 39.5 Å². The van der Waals surface area contributed by atoms with Crippen LogP contribution in [0.25, 0.3) is 0 Å². The monoisotopic (exact) mass is 560 g/mol. The first kappa shape index (κ1) is 31.1. The number of Topliss-reactive ketones (excluding diaryl/α,β-unsaturated/α-hetero) is 1. The predicted octanol–water partition coefficient (Wildman–Crippen LogP) is 3.29. The van der Waals surface area contributed by atoms with E-state index in [4.69, 9.17) is 4.74 Å². The highest BCUT2D eigenvalue weighted by Gasteiger charge is 2.74. The van der Waals surface area contributed by atoms with Crippen LogP contribution in [-0.4, -0.2) is 67.5 Å². The number of fused-ring (bicyclic) bond motifs is 5. The van der Waals surface area contributed by atoms with Crippen LogP contribution in [0.2, 0.25) is 0 Å². The van der Waals surface area contributed by atoms with Crippen LogP contribution < -0.4 is 0 Å². The molecule has 4 N–H and O–H groups in total. The van der Waals surface area contributed by atoms with Crippen molar-refractivity contribution in [3.8, 4) is 0 Å². The number of aliphatic hydroxyl groups is 4. The van der Waals surface area contributed by atoms with Crippen LogP contribution in [-0.2, 0) is 19.1 Å². The molecule has 0 aromatic rings. The van der Waals surface area contributed by atoms with Gasteiger partial charge in [0.05, 0.1) is 18.3 Å². The van der Waals surface area contributed by atoms with Gasteiger partial charge < -0.3 is 25.2 Å². The Morgan fingerprint density at radius 1 is 1.02 bits per heavy atom. The number of carbonyl (C=O) groups is 3. The summed E-state index contributed by atoms with van der Waals surface area (Å²) in [6.45, 7) is 15.7. The Labute approximate surface area is 237 Å². The first-order valence-corrected chi connectivity index (χ1v) is 14.5. The van der Waals surface area contributed by atoms with E-state index in [9.17, 15) is 34.8 Å². The van der Waals surface area contributed by atoms with E-state index in [1.807, 2.05) is 27.7 Å². The fraction of sp³-hybridized carbons (Fsp3) is 0.781. The van der Waals surface area contributed by atoms with Gasteiger partial charge in [-0.1, -0.05) is 46.3 Å². The Hall–Kier alpha value is -1.87. The quantitative estimate of drug-likeness (QED) is 0.228. The summed E-state index contributed by atoms with van der Waals surface area (Å²) in [4.78, 5) is 39.2. The summed E-state index contributed by atoms with van der Waals surface area (Å²) in [7, 11) is 0. The summed E-state index contributed by atoms with van der Waals surface area (Å²) in [5, 5.41) is 44.9. The van der Waals surface area contributed by atoms with E-state index in [2.05, 4.69) is 13.0 Å². The first-order chi connectivity index (χ1) is 18.1. The molecule has 40 heavy (non-hydrogen) atoms. The summed E-state index contributed by atoms with van der Waals surface area (Å²) >= 11 is 0. The van der Waals surface area contributed by atoms with Crippen molar-refractivity contribution in [3.63, 3.8) is 0 Å². The standard InChI is InChI=1S/C32H48O8/c1-17(33)40-27(2,3)13-12-23(36)32(9,39)25-21(35)15-29(6)22-11-10-18-19(14-20(34)26(38)28(18,4)5)31(22,8)24(37)16-30(25,29)7/h10,12-13,19-22,25-26,34-35,38-39H,11,14-16H2,1-9H3/t19-,20+,21+,22-,25+,26+,29-,30+,31-,32?/m0/s1. The fourth-order valence-corrected chi connectivity index (χ4v) is 9.55. The Morgan fingerprint density at radius 3 is 2.20 bits per heavy atom. The lowest BCUT2D eigenvalue weighted by molar-refractivity contribution is -0.186. The van der Waals surface area contributed by atoms with Crippen molar-refractivity contribution in [2.45, 2.75) is 118 Å². The highest BCUT2D eigenvalue weighted by molar-refractivity contribution is 5.97. The van der Waals surface area contributed by atoms with Gasteiger partial charge in [0.15, 0.2) is 5.78 Å². The number of allylic oxidation sites excluding steroid dienone is 1. The molecule has 0 spiro atoms. The molecule has 0 aliphatic heterocycles. The Kier molecular flexibility index (Phi) is 7.24. The van der Waals surface area contributed by atoms with Crippen LogP contribution in [0.4, 0.5) is 0 Å². The average molecular weight is 561 g/mol. The van der Waals surface area contributed by atoms with Gasteiger partial charge in [0.25, 0.3) is 0 Å². The zero-order valence-electron chi connectivity index (χ0n) is 25.4. The Balaban J connectivity index is 1.74. The summed E-state index contributed by atoms with van der Waals surface area (Å²) in [5.74, 6) is -2.48. The molecule has 0 radical (unpaired) electrons. The smallest absolute Gasteiger partial charge is 0.303 e. The molecule has 0 aromatic carbocycles. The molecule has 224 valence electrons. The van der Waals surface area contributed by atoms with Crippen LogP contribution in [0, 0.1) is 39.4 Å². The molecular formula is C32H48O8. The van der Waals surface area contributed by atoms with Crippen LogP contribution in [0.15, 0.2) is 23.8 Å². The van der Waals surface area contributed by atoms with E-state index in [-0.39, 0.29) is 30.5 Å². The molecule has 4 rings (SSSR count). The number of carbonyl (C=O) groups excluding carboxylic acids is 3. The van der Waals surface area contributed by atoms with Gasteiger partial charge in [-0.3, -0.25) is 14.4 Å². The first-order valence-electron chi connectivity index (χ1n) is 14.5. The van der Waals surface area contributed by atoms with Crippen LogP contribution in [0.5, 0.6) is 0 Å². The number of hydrogen-bond acceptors (Lipinski definition) is 8. The molecular weight excluding hydrogens is 512 g/mol. The molecule has 0 bridgehead atoms. The molecule has 3 saturated carbocycles. The van der Waals surface area contributed by atoms with E-state index < -0.39 is 68.8 Å². The zero-order chi connectivity index (χ0) is 30.4. The summed E-state index contributed by atoms with van der Waals surface area (Å²) in [5.41, 5.74) is -5.04. The van der Waals surface area contributed by atoms with Gasteiger partial charge >= 0.3 is 5.97 Å². The van der Waals surface area contributed by atoms with Crippen molar-refractivity contribution in [3.05, 3.63) is 23.8 Å². The van der Waals surface area contributed by atoms with Gasteiger partial charge in [0.2, 0.25) is 0 Å². The fourth-order valence-electron chi connectivity index (χ4n) is 9.55. The maximum absolute atomic E-state index is 14.3. The lowest BCUT2D eigenvalue weighted by Crippen LogP contribution is -2.65. The minimum Gasteiger partial charge on any atom is -0.456 e. The highest BCUT2D eigenvalue weighted by Crippen LogP contribution is 2.74. The second-order valence-corrected chi connectivity index (χ2v) is 15.0. The second-order valence-electron chi connectivity index (χ2n) is 15.0. The molecule has 1 unspecified atom stereocenters. The van der Waals surface area contributed by atoms with E-state index in [0.29, 0.717) is 12.8 Å². The zero-order valence-corrected chi connectivity index (χ0v) is 25.4. The van der Waals surface area contributed by atoms with Gasteiger partial charge in [-0.2, -0.15) is 0 Å². The van der Waals surface area contributed by atoms with Crippen LogP contribution in [0.3, 0.4) is 0 Å². The maximum atomic E-state index is 14.3. The maximum Gasteiger partial charge on any atom is 0.303 e. The van der Waals surface area contributed by atoms with Gasteiger partial charge in [0.1, 0.15) is 17.0 Å². The molecule has 10 atom stereocenters. The molecule has 0 aromatic heterocycles.